The molecule has 0 unspecified atom stereocenters. The number of nitrogens with one attached hydrogen (secondary N) is 1. The smallest absolute Gasteiger partial charge is 0.329 e. The molecule has 3 N–H and O–H groups in total. The normalized spacial score (nSPS) is 11.1. The van der Waals surface area contributed by atoms with Crippen molar-refractivity contribution in [1.29, 1.82) is 0 Å². The summed E-state index contributed by atoms with van der Waals surface area (Å²) in [5.41, 5.74) is 7.23. The second kappa shape index (κ2) is 8.61. The van der Waals surface area contributed by atoms with Crippen molar-refractivity contribution < 1.29 is 9.59 Å². The van der Waals surface area contributed by atoms with Crippen LogP contribution in [0.1, 0.15) is 19.0 Å². The van der Waals surface area contributed by atoms with E-state index >= 15 is 0 Å². The largest absolute Gasteiger partial charge is 0.369 e. The minimum Gasteiger partial charge on any atom is -0.369 e. The third kappa shape index (κ3) is 4.28. The van der Waals surface area contributed by atoms with Gasteiger partial charge in [0.05, 0.1) is 26.7 Å². The summed E-state index contributed by atoms with van der Waals surface area (Å²) in [6.45, 7) is 4.31. The van der Waals surface area contributed by atoms with Crippen LogP contribution >= 0.6 is 23.1 Å². The van der Waals surface area contributed by atoms with Gasteiger partial charge in [-0.1, -0.05) is 30.4 Å². The van der Waals surface area contributed by atoms with Gasteiger partial charge in [0.15, 0.2) is 5.13 Å². The van der Waals surface area contributed by atoms with Crippen molar-refractivity contribution in [3.8, 4) is 0 Å². The summed E-state index contributed by atoms with van der Waals surface area (Å²) < 4.78 is 3.99. The van der Waals surface area contributed by atoms with Crippen LogP contribution in [0.2, 0.25) is 0 Å². The Bertz CT molecular complexity index is 1080. The molecule has 0 spiro atoms. The average Bonchev–Trinajstić information content (AvgIpc) is 3.12. The lowest BCUT2D eigenvalue weighted by atomic mass is 10.3. The molecule has 10 heteroatoms. The topological polar surface area (TPSA) is 112 Å². The van der Waals surface area contributed by atoms with Gasteiger partial charge < -0.3 is 11.1 Å². The Morgan fingerprint density at radius 1 is 1.25 bits per heavy atom. The molecular formula is C18H21N5O3S2. The highest BCUT2D eigenvalue weighted by atomic mass is 32.2. The first-order valence-electron chi connectivity index (χ1n) is 8.77. The zero-order chi connectivity index (χ0) is 20.3. The van der Waals surface area contributed by atoms with Gasteiger partial charge in [-0.3, -0.25) is 18.7 Å². The van der Waals surface area contributed by atoms with Gasteiger partial charge in [-0.2, -0.15) is 0 Å². The number of amides is 2. The van der Waals surface area contributed by atoms with Gasteiger partial charge in [0.2, 0.25) is 11.8 Å². The molecule has 0 saturated heterocycles. The molecular weight excluding hydrogens is 398 g/mol. The van der Waals surface area contributed by atoms with Crippen molar-refractivity contribution in [2.45, 2.75) is 37.6 Å². The Kier molecular flexibility index (Phi) is 6.20. The Morgan fingerprint density at radius 3 is 2.57 bits per heavy atom. The van der Waals surface area contributed by atoms with Crippen LogP contribution in [0.15, 0.2) is 33.3 Å². The highest BCUT2D eigenvalue weighted by molar-refractivity contribution is 8.01. The van der Waals surface area contributed by atoms with E-state index in [1.165, 1.54) is 27.7 Å². The number of hydrogen-bond acceptors (Lipinski definition) is 6. The predicted molar refractivity (Wildman–Crippen MR) is 112 cm³/mol. The van der Waals surface area contributed by atoms with Crippen LogP contribution in [0, 0.1) is 6.92 Å². The number of rotatable bonds is 8. The van der Waals surface area contributed by atoms with E-state index in [4.69, 9.17) is 5.73 Å². The number of thioether (sulfide) groups is 1. The Hall–Kier alpha value is -2.59. The molecule has 1 aromatic carbocycles. The third-order valence-corrected chi connectivity index (χ3v) is 6.48. The first-order chi connectivity index (χ1) is 13.4. The van der Waals surface area contributed by atoms with E-state index in [-0.39, 0.29) is 23.9 Å². The number of nitrogens with zero attached hydrogens (tertiary/aromatic N) is 3. The number of carbonyl (C=O) groups excluding carboxylic acids is 2. The Balaban J connectivity index is 1.79. The van der Waals surface area contributed by atoms with Crippen molar-refractivity contribution >= 4 is 51.1 Å². The van der Waals surface area contributed by atoms with Crippen LogP contribution in [0.3, 0.4) is 0 Å². The molecule has 28 heavy (non-hydrogen) atoms. The van der Waals surface area contributed by atoms with Gasteiger partial charge in [-0.25, -0.2) is 9.78 Å². The number of fused-ring (bicyclic) bond motifs is 1. The number of aryl methyl sites for hydroxylation is 2. The quantitative estimate of drug-likeness (QED) is 0.544. The standard InChI is InChI=1S/C18H21N5O3S2/c1-3-8-22-12-6-4-5-7-13(12)23(18(22)26)9-15(25)21-17-20-11(2)16(28-17)27-10-14(19)24/h4-7H,3,8-10H2,1-2H3,(H2,19,24)(H,20,21,25). The highest BCUT2D eigenvalue weighted by Crippen LogP contribution is 2.31. The molecule has 0 bridgehead atoms. The third-order valence-electron chi connectivity index (χ3n) is 4.02. The lowest BCUT2D eigenvalue weighted by Gasteiger charge is -2.03. The molecule has 0 atom stereocenters. The minimum absolute atomic E-state index is 0.0988. The van der Waals surface area contributed by atoms with Crippen molar-refractivity contribution in [1.82, 2.24) is 14.1 Å². The molecule has 3 rings (SSSR count). The molecule has 0 aliphatic carbocycles. The van der Waals surface area contributed by atoms with Crippen LogP contribution in [0.25, 0.3) is 11.0 Å². The van der Waals surface area contributed by atoms with Crippen LogP contribution in [-0.2, 0) is 22.7 Å². The summed E-state index contributed by atoms with van der Waals surface area (Å²) in [5, 5.41) is 3.17. The zero-order valence-electron chi connectivity index (χ0n) is 15.6. The fourth-order valence-corrected chi connectivity index (χ4v) is 4.77. The number of benzene rings is 1. The van der Waals surface area contributed by atoms with Crippen molar-refractivity contribution in [3.63, 3.8) is 0 Å². The van der Waals surface area contributed by atoms with Crippen LogP contribution in [-0.4, -0.2) is 31.7 Å². The molecule has 8 nitrogen and oxygen atoms in total. The number of hydrogen-bond donors (Lipinski definition) is 2. The van der Waals surface area contributed by atoms with Crippen LogP contribution in [0.4, 0.5) is 5.13 Å². The monoisotopic (exact) mass is 419 g/mol. The molecule has 0 saturated carbocycles. The summed E-state index contributed by atoms with van der Waals surface area (Å²) in [6.07, 6.45) is 0.824. The van der Waals surface area contributed by atoms with Gasteiger partial charge in [0, 0.05) is 6.54 Å². The first kappa shape index (κ1) is 20.2. The van der Waals surface area contributed by atoms with E-state index < -0.39 is 5.91 Å². The molecule has 3 aromatic rings. The maximum Gasteiger partial charge on any atom is 0.329 e. The second-order valence-corrected chi connectivity index (χ2v) is 8.45. The number of primary amides is 1. The summed E-state index contributed by atoms with van der Waals surface area (Å²) in [4.78, 5) is 40.5. The molecule has 2 heterocycles. The van der Waals surface area contributed by atoms with E-state index in [1.807, 2.05) is 31.2 Å². The molecule has 2 aromatic heterocycles. The van der Waals surface area contributed by atoms with E-state index in [0.29, 0.717) is 11.7 Å². The van der Waals surface area contributed by atoms with Gasteiger partial charge in [0.1, 0.15) is 6.54 Å². The number of nitrogens with two attached hydrogens (primary N) is 1. The molecule has 0 radical (unpaired) electrons. The van der Waals surface area contributed by atoms with Crippen LogP contribution in [0.5, 0.6) is 0 Å². The lowest BCUT2D eigenvalue weighted by molar-refractivity contribution is -0.117. The maximum atomic E-state index is 12.8. The van der Waals surface area contributed by atoms with Gasteiger partial charge >= 0.3 is 5.69 Å². The zero-order valence-corrected chi connectivity index (χ0v) is 17.2. The highest BCUT2D eigenvalue weighted by Gasteiger charge is 2.16. The predicted octanol–water partition coefficient (Wildman–Crippen LogP) is 2.19. The van der Waals surface area contributed by atoms with Crippen LogP contribution < -0.4 is 16.7 Å². The summed E-state index contributed by atoms with van der Waals surface area (Å²) in [7, 11) is 0. The molecule has 0 aliphatic heterocycles. The number of imidazole rings is 1. The number of anilines is 1. The number of thiazole rings is 1. The second-order valence-electron chi connectivity index (χ2n) is 6.20. The number of para-hydroxylation sites is 2. The van der Waals surface area contributed by atoms with Crippen molar-refractivity contribution in [2.75, 3.05) is 11.1 Å². The maximum absolute atomic E-state index is 12.8. The Labute approximate surface area is 169 Å². The SMILES string of the molecule is CCCn1c(=O)n(CC(=O)Nc2nc(C)c(SCC(N)=O)s2)c2ccccc21. The average molecular weight is 420 g/mol. The number of carbonyl (C=O) groups is 2. The molecule has 0 aliphatic rings. The van der Waals surface area contributed by atoms with Gasteiger partial charge in [-0.05, 0) is 25.5 Å². The van der Waals surface area contributed by atoms with Gasteiger partial charge in [-0.15, -0.1) is 11.8 Å². The molecule has 0 fully saturated rings. The summed E-state index contributed by atoms with van der Waals surface area (Å²) in [5.74, 6) is -0.587. The fourth-order valence-electron chi connectivity index (χ4n) is 2.87. The Morgan fingerprint density at radius 2 is 1.93 bits per heavy atom. The van der Waals surface area contributed by atoms with E-state index in [1.54, 1.807) is 11.5 Å². The van der Waals surface area contributed by atoms with Gasteiger partial charge in [0.25, 0.3) is 0 Å². The van der Waals surface area contributed by atoms with E-state index in [9.17, 15) is 14.4 Å². The minimum atomic E-state index is -0.411. The molecule has 148 valence electrons. The first-order valence-corrected chi connectivity index (χ1v) is 10.6. The number of aromatic nitrogens is 3. The van der Waals surface area contributed by atoms with Crippen molar-refractivity contribution in [2.24, 2.45) is 5.73 Å². The van der Waals surface area contributed by atoms with E-state index in [2.05, 4.69) is 10.3 Å². The summed E-state index contributed by atoms with van der Waals surface area (Å²) >= 11 is 2.57. The summed E-state index contributed by atoms with van der Waals surface area (Å²) in [6, 6.07) is 7.44. The lowest BCUT2D eigenvalue weighted by Crippen LogP contribution is -2.29. The molecule has 2 amide bonds. The van der Waals surface area contributed by atoms with Crippen molar-refractivity contribution in [3.05, 3.63) is 40.4 Å². The fraction of sp³-hybridized carbons (Fsp3) is 0.333. The van der Waals surface area contributed by atoms with E-state index in [0.717, 1.165) is 27.4 Å².